The molecule has 0 radical (unpaired) electrons. The van der Waals surface area contributed by atoms with Gasteiger partial charge in [-0.3, -0.25) is 4.79 Å². The second-order valence-corrected chi connectivity index (χ2v) is 4.53. The number of benzene rings is 1. The topological polar surface area (TPSA) is 69.6 Å². The molecule has 1 aromatic rings. The Labute approximate surface area is 101 Å². The summed E-state index contributed by atoms with van der Waals surface area (Å²) in [5.41, 5.74) is 0.711. The van der Waals surface area contributed by atoms with E-state index in [2.05, 4.69) is 5.32 Å². The number of hydrogen-bond acceptors (Lipinski definition) is 3. The number of nitrogens with one attached hydrogen (secondary N) is 1. The van der Waals surface area contributed by atoms with Gasteiger partial charge >= 0.3 is 5.97 Å². The maximum atomic E-state index is 11.0. The zero-order chi connectivity index (χ0) is 12.8. The summed E-state index contributed by atoms with van der Waals surface area (Å²) in [6.07, 6.45) is 0.572. The predicted molar refractivity (Wildman–Crippen MR) is 65.8 cm³/mol. The minimum atomic E-state index is -0.853. The van der Waals surface area contributed by atoms with Crippen LogP contribution >= 0.6 is 0 Å². The van der Waals surface area contributed by atoms with Gasteiger partial charge in [0.25, 0.3) is 0 Å². The highest BCUT2D eigenvalue weighted by molar-refractivity contribution is 5.73. The Hall–Kier alpha value is -1.55. The van der Waals surface area contributed by atoms with Crippen LogP contribution in [0.2, 0.25) is 0 Å². The summed E-state index contributed by atoms with van der Waals surface area (Å²) in [5, 5.41) is 21.5. The van der Waals surface area contributed by atoms with E-state index in [1.165, 1.54) is 0 Å². The summed E-state index contributed by atoms with van der Waals surface area (Å²) in [5.74, 6) is -0.351. The van der Waals surface area contributed by atoms with Gasteiger partial charge in [0, 0.05) is 12.1 Å². The lowest BCUT2D eigenvalue weighted by molar-refractivity contribution is -0.140. The Balaban J connectivity index is 2.58. The van der Waals surface area contributed by atoms with Crippen molar-refractivity contribution in [2.45, 2.75) is 32.9 Å². The van der Waals surface area contributed by atoms with E-state index in [4.69, 9.17) is 5.11 Å². The molecule has 94 valence electrons. The largest absolute Gasteiger partial charge is 0.508 e. The molecule has 4 heteroatoms. The first kappa shape index (κ1) is 13.5. The van der Waals surface area contributed by atoms with Crippen LogP contribution in [0.15, 0.2) is 24.3 Å². The van der Waals surface area contributed by atoms with Gasteiger partial charge in [0.05, 0.1) is 0 Å². The number of carboxylic acid groups (broad SMARTS) is 1. The maximum Gasteiger partial charge on any atom is 0.320 e. The molecule has 0 aliphatic carbocycles. The number of rotatable bonds is 6. The van der Waals surface area contributed by atoms with Gasteiger partial charge in [0.15, 0.2) is 0 Å². The van der Waals surface area contributed by atoms with Crippen LogP contribution in [0.25, 0.3) is 0 Å². The Morgan fingerprint density at radius 2 is 2.00 bits per heavy atom. The monoisotopic (exact) mass is 237 g/mol. The van der Waals surface area contributed by atoms with Gasteiger partial charge in [0.1, 0.15) is 11.8 Å². The second kappa shape index (κ2) is 6.25. The van der Waals surface area contributed by atoms with E-state index in [-0.39, 0.29) is 5.75 Å². The molecule has 1 atom stereocenters. The highest BCUT2D eigenvalue weighted by Gasteiger charge is 2.18. The number of carboxylic acids is 1. The first-order valence-electron chi connectivity index (χ1n) is 5.73. The number of aliphatic carboxylic acids is 1. The van der Waals surface area contributed by atoms with Crippen LogP contribution in [0.1, 0.15) is 25.8 Å². The van der Waals surface area contributed by atoms with Crippen LogP contribution in [-0.4, -0.2) is 22.2 Å². The van der Waals surface area contributed by atoms with Gasteiger partial charge in [-0.2, -0.15) is 0 Å². The van der Waals surface area contributed by atoms with Crippen LogP contribution in [0.4, 0.5) is 0 Å². The molecule has 0 unspecified atom stereocenters. The maximum absolute atomic E-state index is 11.0. The summed E-state index contributed by atoms with van der Waals surface area (Å²) in [4.78, 5) is 11.0. The lowest BCUT2D eigenvalue weighted by atomic mass is 10.0. The third-order valence-corrected chi connectivity index (χ3v) is 2.54. The van der Waals surface area contributed by atoms with E-state index in [1.54, 1.807) is 18.2 Å². The molecule has 0 heterocycles. The lowest BCUT2D eigenvalue weighted by Crippen LogP contribution is -2.37. The highest BCUT2D eigenvalue weighted by atomic mass is 16.4. The zero-order valence-electron chi connectivity index (χ0n) is 10.2. The molecule has 0 aromatic heterocycles. The number of carbonyl (C=O) groups is 1. The summed E-state index contributed by atoms with van der Waals surface area (Å²) >= 11 is 0. The fourth-order valence-electron chi connectivity index (χ4n) is 1.64. The quantitative estimate of drug-likeness (QED) is 0.707. The molecule has 0 saturated carbocycles. The normalized spacial score (nSPS) is 12.6. The molecule has 0 aliphatic heterocycles. The van der Waals surface area contributed by atoms with Crippen LogP contribution < -0.4 is 5.32 Å². The van der Waals surface area contributed by atoms with Crippen molar-refractivity contribution in [1.29, 1.82) is 0 Å². The minimum absolute atomic E-state index is 0.189. The van der Waals surface area contributed by atoms with Crippen LogP contribution in [-0.2, 0) is 11.3 Å². The molecule has 1 aromatic carbocycles. The van der Waals surface area contributed by atoms with Crippen molar-refractivity contribution in [1.82, 2.24) is 5.32 Å². The Morgan fingerprint density at radius 1 is 1.35 bits per heavy atom. The summed E-state index contributed by atoms with van der Waals surface area (Å²) in [6.45, 7) is 4.32. The summed E-state index contributed by atoms with van der Waals surface area (Å²) < 4.78 is 0. The molecule has 0 bridgehead atoms. The Bertz CT molecular complexity index is 377. The van der Waals surface area contributed by atoms with Crippen molar-refractivity contribution in [2.75, 3.05) is 0 Å². The lowest BCUT2D eigenvalue weighted by Gasteiger charge is -2.16. The van der Waals surface area contributed by atoms with Gasteiger partial charge in [-0.1, -0.05) is 32.0 Å². The molecular formula is C13H19NO3. The number of phenols is 1. The number of phenolic OH excluding ortho intramolecular Hbond substituents is 1. The number of para-hydroxylation sites is 1. The standard InChI is InChI=1S/C13H19NO3/c1-9(2)7-11(13(16)17)14-8-10-5-3-4-6-12(10)15/h3-6,9,11,14-15H,7-8H2,1-2H3,(H,16,17)/t11-/m1/s1. The fourth-order valence-corrected chi connectivity index (χ4v) is 1.64. The molecule has 17 heavy (non-hydrogen) atoms. The van der Waals surface area contributed by atoms with Crippen molar-refractivity contribution >= 4 is 5.97 Å². The van der Waals surface area contributed by atoms with Gasteiger partial charge in [0.2, 0.25) is 0 Å². The van der Waals surface area contributed by atoms with Gasteiger partial charge in [-0.25, -0.2) is 0 Å². The summed E-state index contributed by atoms with van der Waals surface area (Å²) in [6, 6.07) is 6.34. The average Bonchev–Trinajstić information content (AvgIpc) is 2.25. The van der Waals surface area contributed by atoms with Crippen molar-refractivity contribution in [3.8, 4) is 5.75 Å². The van der Waals surface area contributed by atoms with Gasteiger partial charge in [-0.05, 0) is 18.4 Å². The molecule has 0 amide bonds. The van der Waals surface area contributed by atoms with Crippen molar-refractivity contribution in [2.24, 2.45) is 5.92 Å². The van der Waals surface area contributed by atoms with E-state index < -0.39 is 12.0 Å². The van der Waals surface area contributed by atoms with Crippen LogP contribution in [0.5, 0.6) is 5.75 Å². The number of aromatic hydroxyl groups is 1. The molecule has 1 rings (SSSR count). The van der Waals surface area contributed by atoms with Gasteiger partial charge in [-0.15, -0.1) is 0 Å². The van der Waals surface area contributed by atoms with Crippen LogP contribution in [0.3, 0.4) is 0 Å². The molecular weight excluding hydrogens is 218 g/mol. The van der Waals surface area contributed by atoms with E-state index in [0.29, 0.717) is 24.4 Å². The highest BCUT2D eigenvalue weighted by Crippen LogP contribution is 2.15. The molecule has 0 aliphatic rings. The molecule has 0 spiro atoms. The fraction of sp³-hybridized carbons (Fsp3) is 0.462. The van der Waals surface area contributed by atoms with Crippen LogP contribution in [0, 0.1) is 5.92 Å². The zero-order valence-corrected chi connectivity index (χ0v) is 10.2. The third-order valence-electron chi connectivity index (χ3n) is 2.54. The minimum Gasteiger partial charge on any atom is -0.508 e. The third kappa shape index (κ3) is 4.44. The number of hydrogen-bond donors (Lipinski definition) is 3. The first-order chi connectivity index (χ1) is 8.00. The predicted octanol–water partition coefficient (Wildman–Crippen LogP) is 1.98. The molecule has 3 N–H and O–H groups in total. The smallest absolute Gasteiger partial charge is 0.320 e. The Morgan fingerprint density at radius 3 is 2.53 bits per heavy atom. The van der Waals surface area contributed by atoms with Crippen molar-refractivity contribution in [3.63, 3.8) is 0 Å². The Kier molecular flexibility index (Phi) is 4.97. The van der Waals surface area contributed by atoms with Crippen molar-refractivity contribution in [3.05, 3.63) is 29.8 Å². The molecule has 0 fully saturated rings. The average molecular weight is 237 g/mol. The second-order valence-electron chi connectivity index (χ2n) is 4.53. The van der Waals surface area contributed by atoms with Gasteiger partial charge < -0.3 is 15.5 Å². The van der Waals surface area contributed by atoms with Crippen molar-refractivity contribution < 1.29 is 15.0 Å². The SMILES string of the molecule is CC(C)C[C@@H](NCc1ccccc1O)C(=O)O. The van der Waals surface area contributed by atoms with E-state index in [0.717, 1.165) is 0 Å². The van der Waals surface area contributed by atoms with E-state index >= 15 is 0 Å². The molecule has 0 saturated heterocycles. The van der Waals surface area contributed by atoms with E-state index in [9.17, 15) is 9.90 Å². The van der Waals surface area contributed by atoms with E-state index in [1.807, 2.05) is 19.9 Å². The first-order valence-corrected chi connectivity index (χ1v) is 5.73. The summed E-state index contributed by atoms with van der Waals surface area (Å²) in [7, 11) is 0. The molecule has 4 nitrogen and oxygen atoms in total.